The zero-order valence-electron chi connectivity index (χ0n) is 9.37. The number of rotatable bonds is 3. The van der Waals surface area contributed by atoms with Crippen molar-refractivity contribution in [3.05, 3.63) is 41.8 Å². The molecule has 0 aliphatic rings. The van der Waals surface area contributed by atoms with Crippen molar-refractivity contribution in [2.45, 2.75) is 6.54 Å². The molecule has 0 unspecified atom stereocenters. The number of halogens is 1. The Hall–Kier alpha value is -1.68. The Bertz CT molecular complexity index is 491. The molecule has 0 saturated heterocycles. The highest BCUT2D eigenvalue weighted by Gasteiger charge is 2.09. The molecule has 16 heavy (non-hydrogen) atoms. The van der Waals surface area contributed by atoms with Gasteiger partial charge in [-0.2, -0.15) is 5.10 Å². The predicted octanol–water partition coefficient (Wildman–Crippen LogP) is 1.95. The molecule has 0 saturated carbocycles. The van der Waals surface area contributed by atoms with Gasteiger partial charge in [0.05, 0.1) is 5.69 Å². The quantitative estimate of drug-likeness (QED) is 0.855. The fraction of sp³-hybridized carbons (Fsp3) is 0.250. The van der Waals surface area contributed by atoms with Crippen LogP contribution >= 0.6 is 0 Å². The Morgan fingerprint density at radius 2 is 2.25 bits per heavy atom. The second kappa shape index (κ2) is 4.45. The van der Waals surface area contributed by atoms with Crippen molar-refractivity contribution in [1.29, 1.82) is 0 Å². The van der Waals surface area contributed by atoms with Crippen molar-refractivity contribution >= 4 is 0 Å². The molecule has 0 aliphatic carbocycles. The number of hydrogen-bond donors (Lipinski definition) is 1. The Morgan fingerprint density at radius 3 is 2.94 bits per heavy atom. The molecule has 84 valence electrons. The number of aromatic nitrogens is 2. The molecule has 0 radical (unpaired) electrons. The van der Waals surface area contributed by atoms with Crippen LogP contribution in [0, 0.1) is 5.82 Å². The third-order valence-corrected chi connectivity index (χ3v) is 2.37. The van der Waals surface area contributed by atoms with Crippen molar-refractivity contribution < 1.29 is 4.39 Å². The Kier molecular flexibility index (Phi) is 3.01. The average Bonchev–Trinajstić information content (AvgIpc) is 2.60. The van der Waals surface area contributed by atoms with Crippen LogP contribution in [-0.2, 0) is 13.6 Å². The number of aryl methyl sites for hydroxylation is 1. The van der Waals surface area contributed by atoms with E-state index in [1.807, 2.05) is 26.4 Å². The monoisotopic (exact) mass is 219 g/mol. The minimum Gasteiger partial charge on any atom is -0.316 e. The molecule has 0 amide bonds. The van der Waals surface area contributed by atoms with Crippen LogP contribution in [0.3, 0.4) is 0 Å². The molecule has 1 aromatic carbocycles. The van der Waals surface area contributed by atoms with Crippen LogP contribution in [0.4, 0.5) is 4.39 Å². The lowest BCUT2D eigenvalue weighted by Crippen LogP contribution is -2.05. The van der Waals surface area contributed by atoms with Gasteiger partial charge < -0.3 is 5.32 Å². The van der Waals surface area contributed by atoms with Crippen molar-refractivity contribution in [2.24, 2.45) is 7.05 Å². The highest BCUT2D eigenvalue weighted by Crippen LogP contribution is 2.22. The average molecular weight is 219 g/mol. The molecule has 2 aromatic rings. The Balaban J connectivity index is 2.46. The molecule has 1 N–H and O–H groups in total. The minimum absolute atomic E-state index is 0.237. The van der Waals surface area contributed by atoms with Gasteiger partial charge in [-0.25, -0.2) is 4.39 Å². The Morgan fingerprint density at radius 1 is 1.44 bits per heavy atom. The maximum Gasteiger partial charge on any atom is 0.123 e. The highest BCUT2D eigenvalue weighted by molar-refractivity contribution is 5.62. The number of nitrogens with one attached hydrogen (secondary N) is 1. The summed E-state index contributed by atoms with van der Waals surface area (Å²) < 4.78 is 14.9. The summed E-state index contributed by atoms with van der Waals surface area (Å²) in [5.74, 6) is -0.237. The first-order valence-electron chi connectivity index (χ1n) is 5.14. The molecule has 2 rings (SSSR count). The second-order valence-electron chi connectivity index (χ2n) is 3.72. The molecule has 0 aliphatic heterocycles. The lowest BCUT2D eigenvalue weighted by atomic mass is 10.1. The first kappa shape index (κ1) is 10.8. The molecule has 0 spiro atoms. The van der Waals surface area contributed by atoms with Gasteiger partial charge in [-0.15, -0.1) is 0 Å². The SMILES string of the molecule is CNCc1cn(C)nc1-c1cccc(F)c1. The minimum atomic E-state index is -0.237. The van der Waals surface area contributed by atoms with Gasteiger partial charge in [-0.1, -0.05) is 12.1 Å². The summed E-state index contributed by atoms with van der Waals surface area (Å²) in [6, 6.07) is 6.50. The van der Waals surface area contributed by atoms with Gasteiger partial charge >= 0.3 is 0 Å². The summed E-state index contributed by atoms with van der Waals surface area (Å²) in [6.07, 6.45) is 1.94. The summed E-state index contributed by atoms with van der Waals surface area (Å²) in [4.78, 5) is 0. The molecule has 1 heterocycles. The van der Waals surface area contributed by atoms with E-state index in [0.29, 0.717) is 0 Å². The van der Waals surface area contributed by atoms with Gasteiger partial charge in [0, 0.05) is 30.9 Å². The van der Waals surface area contributed by atoms with E-state index in [4.69, 9.17) is 0 Å². The van der Waals surface area contributed by atoms with Crippen molar-refractivity contribution in [2.75, 3.05) is 7.05 Å². The smallest absolute Gasteiger partial charge is 0.123 e. The molecule has 0 atom stereocenters. The molecule has 4 heteroatoms. The van der Waals surface area contributed by atoms with Crippen LogP contribution < -0.4 is 5.32 Å². The van der Waals surface area contributed by atoms with E-state index < -0.39 is 0 Å². The molecule has 1 aromatic heterocycles. The summed E-state index contributed by atoms with van der Waals surface area (Å²) in [5, 5.41) is 7.43. The molecular formula is C12H14FN3. The molecule has 0 bridgehead atoms. The number of hydrogen-bond acceptors (Lipinski definition) is 2. The van der Waals surface area contributed by atoms with Gasteiger partial charge in [-0.3, -0.25) is 4.68 Å². The lowest BCUT2D eigenvalue weighted by molar-refractivity contribution is 0.628. The summed E-state index contributed by atoms with van der Waals surface area (Å²) in [6.45, 7) is 0.722. The summed E-state index contributed by atoms with van der Waals surface area (Å²) >= 11 is 0. The molecular weight excluding hydrogens is 205 g/mol. The van der Waals surface area contributed by atoms with Crippen molar-refractivity contribution in [3.63, 3.8) is 0 Å². The molecule has 0 fully saturated rings. The maximum absolute atomic E-state index is 13.1. The largest absolute Gasteiger partial charge is 0.316 e. The van der Waals surface area contributed by atoms with E-state index in [1.165, 1.54) is 12.1 Å². The van der Waals surface area contributed by atoms with E-state index >= 15 is 0 Å². The van der Waals surface area contributed by atoms with Crippen LogP contribution in [-0.4, -0.2) is 16.8 Å². The van der Waals surface area contributed by atoms with Gasteiger partial charge in [0.1, 0.15) is 5.82 Å². The number of benzene rings is 1. The van der Waals surface area contributed by atoms with Crippen LogP contribution in [0.25, 0.3) is 11.3 Å². The topological polar surface area (TPSA) is 29.9 Å². The normalized spacial score (nSPS) is 10.7. The Labute approximate surface area is 93.9 Å². The summed E-state index contributed by atoms with van der Waals surface area (Å²) in [5.41, 5.74) is 2.71. The van der Waals surface area contributed by atoms with Crippen molar-refractivity contribution in [3.8, 4) is 11.3 Å². The predicted molar refractivity (Wildman–Crippen MR) is 61.4 cm³/mol. The maximum atomic E-state index is 13.1. The number of nitrogens with zero attached hydrogens (tertiary/aromatic N) is 2. The molecule has 3 nitrogen and oxygen atoms in total. The van der Waals surface area contributed by atoms with E-state index in [2.05, 4.69) is 10.4 Å². The van der Waals surface area contributed by atoms with Crippen molar-refractivity contribution in [1.82, 2.24) is 15.1 Å². The van der Waals surface area contributed by atoms with Crippen LogP contribution in [0.1, 0.15) is 5.56 Å². The first-order chi connectivity index (χ1) is 7.70. The lowest BCUT2D eigenvalue weighted by Gasteiger charge is -2.01. The zero-order valence-corrected chi connectivity index (χ0v) is 9.37. The van der Waals surface area contributed by atoms with Crippen LogP contribution in [0.2, 0.25) is 0 Å². The van der Waals surface area contributed by atoms with Crippen LogP contribution in [0.5, 0.6) is 0 Å². The fourth-order valence-electron chi connectivity index (χ4n) is 1.74. The first-order valence-corrected chi connectivity index (χ1v) is 5.14. The summed E-state index contributed by atoms with van der Waals surface area (Å²) in [7, 11) is 3.74. The standard InChI is InChI=1S/C12H14FN3/c1-14-7-10-8-16(2)15-12(10)9-4-3-5-11(13)6-9/h3-6,8,14H,7H2,1-2H3. The fourth-order valence-corrected chi connectivity index (χ4v) is 1.74. The zero-order chi connectivity index (χ0) is 11.5. The van der Waals surface area contributed by atoms with Gasteiger partial charge in [0.25, 0.3) is 0 Å². The van der Waals surface area contributed by atoms with Gasteiger partial charge in [0.2, 0.25) is 0 Å². The van der Waals surface area contributed by atoms with E-state index in [0.717, 1.165) is 23.4 Å². The third kappa shape index (κ3) is 2.12. The van der Waals surface area contributed by atoms with Gasteiger partial charge in [-0.05, 0) is 19.2 Å². The van der Waals surface area contributed by atoms with Gasteiger partial charge in [0.15, 0.2) is 0 Å². The third-order valence-electron chi connectivity index (χ3n) is 2.37. The highest BCUT2D eigenvalue weighted by atomic mass is 19.1. The second-order valence-corrected chi connectivity index (χ2v) is 3.72. The van der Waals surface area contributed by atoms with E-state index in [-0.39, 0.29) is 5.82 Å². The van der Waals surface area contributed by atoms with E-state index in [9.17, 15) is 4.39 Å². The van der Waals surface area contributed by atoms with Crippen LogP contribution in [0.15, 0.2) is 30.5 Å². The van der Waals surface area contributed by atoms with E-state index in [1.54, 1.807) is 10.7 Å².